The van der Waals surface area contributed by atoms with Crippen LogP contribution in [0.3, 0.4) is 0 Å². The van der Waals surface area contributed by atoms with Gasteiger partial charge in [-0.15, -0.1) is 22.7 Å². The molecule has 0 radical (unpaired) electrons. The van der Waals surface area contributed by atoms with Gasteiger partial charge in [0.15, 0.2) is 6.61 Å². The van der Waals surface area contributed by atoms with Crippen molar-refractivity contribution in [2.24, 2.45) is 0 Å². The quantitative estimate of drug-likeness (QED) is 0.626. The first-order valence-electron chi connectivity index (χ1n) is 7.51. The molecule has 7 nitrogen and oxygen atoms in total. The number of rotatable bonds is 7. The van der Waals surface area contributed by atoms with Gasteiger partial charge in [0, 0.05) is 0 Å². The van der Waals surface area contributed by atoms with E-state index in [0.29, 0.717) is 10.6 Å². The largest absolute Gasteiger partial charge is 0.454 e. The highest BCUT2D eigenvalue weighted by atomic mass is 32.1. The van der Waals surface area contributed by atoms with E-state index >= 15 is 0 Å². The summed E-state index contributed by atoms with van der Waals surface area (Å²) in [5.74, 6) is -1.16. The summed E-state index contributed by atoms with van der Waals surface area (Å²) < 4.78 is 11.2. The van der Waals surface area contributed by atoms with Gasteiger partial charge in [-0.1, -0.05) is 12.1 Å². The van der Waals surface area contributed by atoms with Crippen molar-refractivity contribution in [3.63, 3.8) is 0 Å². The molecule has 132 valence electrons. The predicted octanol–water partition coefficient (Wildman–Crippen LogP) is 2.93. The van der Waals surface area contributed by atoms with Crippen LogP contribution in [0.15, 0.2) is 35.7 Å². The molecule has 0 bridgehead atoms. The summed E-state index contributed by atoms with van der Waals surface area (Å²) in [6.45, 7) is -0.515. The van der Waals surface area contributed by atoms with Crippen molar-refractivity contribution in [2.45, 2.75) is 6.61 Å². The Morgan fingerprint density at radius 2 is 2.08 bits per heavy atom. The molecule has 1 N–H and O–H groups in total. The summed E-state index contributed by atoms with van der Waals surface area (Å²) in [6, 6.07) is 11.3. The average molecular weight is 387 g/mol. The smallest absolute Gasteiger partial charge is 0.332 e. The number of nitrogens with zero attached hydrogens (tertiary/aromatic N) is 2. The van der Waals surface area contributed by atoms with Crippen LogP contribution < -0.4 is 5.32 Å². The van der Waals surface area contributed by atoms with Crippen molar-refractivity contribution in [2.75, 3.05) is 18.5 Å². The average Bonchev–Trinajstić information content (AvgIpc) is 3.25. The number of nitriles is 1. The molecule has 2 heterocycles. The van der Waals surface area contributed by atoms with Gasteiger partial charge in [0.1, 0.15) is 22.7 Å². The van der Waals surface area contributed by atoms with E-state index in [1.807, 2.05) is 30.3 Å². The Kier molecular flexibility index (Phi) is 5.91. The van der Waals surface area contributed by atoms with Crippen LogP contribution in [0, 0.1) is 11.3 Å². The summed E-state index contributed by atoms with van der Waals surface area (Å²) in [7, 11) is 0. The van der Waals surface area contributed by atoms with Crippen molar-refractivity contribution in [1.29, 1.82) is 5.26 Å². The third kappa shape index (κ3) is 4.64. The van der Waals surface area contributed by atoms with E-state index in [0.717, 1.165) is 15.2 Å². The lowest BCUT2D eigenvalue weighted by molar-refractivity contribution is -0.152. The van der Waals surface area contributed by atoms with Gasteiger partial charge in [0.05, 0.1) is 22.4 Å². The Balaban J connectivity index is 1.39. The van der Waals surface area contributed by atoms with Crippen LogP contribution in [-0.4, -0.2) is 30.1 Å². The minimum absolute atomic E-state index is 0.196. The summed E-state index contributed by atoms with van der Waals surface area (Å²) in [4.78, 5) is 27.8. The van der Waals surface area contributed by atoms with Crippen LogP contribution in [0.25, 0.3) is 10.2 Å². The lowest BCUT2D eigenvalue weighted by Crippen LogP contribution is -2.22. The molecule has 0 atom stereocenters. The van der Waals surface area contributed by atoms with Crippen molar-refractivity contribution < 1.29 is 19.1 Å². The third-order valence-corrected chi connectivity index (χ3v) is 5.03. The number of nitrogens with one attached hydrogen (secondary N) is 1. The Morgan fingerprint density at radius 3 is 2.88 bits per heavy atom. The van der Waals surface area contributed by atoms with Gasteiger partial charge in [-0.3, -0.25) is 4.79 Å². The number of carbonyl (C=O) groups is 2. The molecular weight excluding hydrogens is 374 g/mol. The lowest BCUT2D eigenvalue weighted by atomic mass is 10.3. The fourth-order valence-electron chi connectivity index (χ4n) is 2.05. The molecule has 9 heteroatoms. The van der Waals surface area contributed by atoms with Crippen LogP contribution in [-0.2, 0) is 25.7 Å². The summed E-state index contributed by atoms with van der Waals surface area (Å²) in [5.41, 5.74) is 1.26. The van der Waals surface area contributed by atoms with E-state index < -0.39 is 18.5 Å². The van der Waals surface area contributed by atoms with Crippen LogP contribution in [0.5, 0.6) is 0 Å². The third-order valence-electron chi connectivity index (χ3n) is 3.19. The maximum atomic E-state index is 11.7. The lowest BCUT2D eigenvalue weighted by Gasteiger charge is -2.05. The number of aromatic nitrogens is 1. The van der Waals surface area contributed by atoms with Crippen molar-refractivity contribution in [3.05, 3.63) is 46.3 Å². The molecule has 3 rings (SSSR count). The molecule has 0 aliphatic rings. The topological polar surface area (TPSA) is 101 Å². The Morgan fingerprint density at radius 1 is 1.23 bits per heavy atom. The Bertz CT molecular complexity index is 941. The molecule has 0 aliphatic carbocycles. The standard InChI is InChI=1S/C17H13N3O4S2/c18-7-11-5-6-25-17(11)20-14(21)8-24-16(22)10-23-9-15-19-12-3-1-2-4-13(12)26-15/h1-6H,8-10H2,(H,20,21). The molecule has 3 aromatic rings. The van der Waals surface area contributed by atoms with E-state index in [-0.39, 0.29) is 13.2 Å². The van der Waals surface area contributed by atoms with Crippen molar-refractivity contribution >= 4 is 49.8 Å². The first-order chi connectivity index (χ1) is 12.7. The summed E-state index contributed by atoms with van der Waals surface area (Å²) in [5, 5.41) is 14.3. The molecule has 26 heavy (non-hydrogen) atoms. The van der Waals surface area contributed by atoms with Crippen LogP contribution in [0.4, 0.5) is 5.00 Å². The number of hydrogen-bond acceptors (Lipinski definition) is 8. The molecule has 1 aromatic carbocycles. The maximum absolute atomic E-state index is 11.7. The zero-order valence-electron chi connectivity index (χ0n) is 13.4. The van der Waals surface area contributed by atoms with Crippen LogP contribution in [0.1, 0.15) is 10.6 Å². The molecule has 1 amide bonds. The highest BCUT2D eigenvalue weighted by Crippen LogP contribution is 2.22. The first kappa shape index (κ1) is 18.0. The number of para-hydroxylation sites is 1. The zero-order valence-corrected chi connectivity index (χ0v) is 15.1. The Labute approximate surface area is 156 Å². The van der Waals surface area contributed by atoms with E-state index in [1.165, 1.54) is 22.7 Å². The number of hydrogen-bond donors (Lipinski definition) is 1. The number of ether oxygens (including phenoxy) is 2. The number of anilines is 1. The minimum atomic E-state index is -0.645. The number of thiazole rings is 1. The zero-order chi connectivity index (χ0) is 18.4. The number of benzene rings is 1. The van der Waals surface area contributed by atoms with Gasteiger partial charge in [0.2, 0.25) is 0 Å². The van der Waals surface area contributed by atoms with Gasteiger partial charge >= 0.3 is 5.97 Å². The fraction of sp³-hybridized carbons (Fsp3) is 0.176. The predicted molar refractivity (Wildman–Crippen MR) is 97.9 cm³/mol. The molecule has 0 fully saturated rings. The van der Waals surface area contributed by atoms with E-state index in [2.05, 4.69) is 10.3 Å². The van der Waals surface area contributed by atoms with Gasteiger partial charge in [-0.05, 0) is 23.6 Å². The molecule has 0 aliphatic heterocycles. The molecule has 0 unspecified atom stereocenters. The summed E-state index contributed by atoms with van der Waals surface area (Å²) in [6.07, 6.45) is 0. The second-order valence-electron chi connectivity index (χ2n) is 5.05. The second-order valence-corrected chi connectivity index (χ2v) is 7.08. The first-order valence-corrected chi connectivity index (χ1v) is 9.20. The number of carbonyl (C=O) groups excluding carboxylic acids is 2. The van der Waals surface area contributed by atoms with E-state index in [9.17, 15) is 9.59 Å². The highest BCUT2D eigenvalue weighted by Gasteiger charge is 2.12. The second kappa shape index (κ2) is 8.53. The fourth-order valence-corrected chi connectivity index (χ4v) is 3.71. The van der Waals surface area contributed by atoms with Crippen LogP contribution in [0.2, 0.25) is 0 Å². The molecular formula is C17H13N3O4S2. The maximum Gasteiger partial charge on any atom is 0.332 e. The van der Waals surface area contributed by atoms with Crippen molar-refractivity contribution in [3.8, 4) is 6.07 Å². The van der Waals surface area contributed by atoms with Crippen molar-refractivity contribution in [1.82, 2.24) is 4.98 Å². The van der Waals surface area contributed by atoms with E-state index in [1.54, 1.807) is 11.4 Å². The van der Waals surface area contributed by atoms with Gasteiger partial charge < -0.3 is 14.8 Å². The normalized spacial score (nSPS) is 10.4. The van der Waals surface area contributed by atoms with Gasteiger partial charge in [-0.2, -0.15) is 5.26 Å². The SMILES string of the molecule is N#Cc1ccsc1NC(=O)COC(=O)COCc1nc2ccccc2s1. The molecule has 0 saturated carbocycles. The molecule has 2 aromatic heterocycles. The van der Waals surface area contributed by atoms with Gasteiger partial charge in [-0.25, -0.2) is 9.78 Å². The summed E-state index contributed by atoms with van der Waals surface area (Å²) >= 11 is 2.72. The Hall–Kier alpha value is -2.80. The molecule has 0 saturated heterocycles. The number of fused-ring (bicyclic) bond motifs is 1. The number of esters is 1. The number of amides is 1. The van der Waals surface area contributed by atoms with E-state index in [4.69, 9.17) is 14.7 Å². The number of thiophene rings is 1. The van der Waals surface area contributed by atoms with Crippen LogP contribution >= 0.6 is 22.7 Å². The molecule has 0 spiro atoms. The highest BCUT2D eigenvalue weighted by molar-refractivity contribution is 7.18. The monoisotopic (exact) mass is 387 g/mol. The van der Waals surface area contributed by atoms with Gasteiger partial charge in [0.25, 0.3) is 5.91 Å². The minimum Gasteiger partial charge on any atom is -0.454 e.